The number of hydrogen-bond acceptors (Lipinski definition) is 2. The molecule has 0 aliphatic carbocycles. The van der Waals surface area contributed by atoms with E-state index in [0.29, 0.717) is 6.61 Å². The molecule has 0 aromatic rings. The maximum atomic E-state index is 11.3. The lowest BCUT2D eigenvalue weighted by Gasteiger charge is -2.03. The number of allylic oxidation sites excluding steroid dienone is 2. The second-order valence-corrected chi connectivity index (χ2v) is 7.05. The van der Waals surface area contributed by atoms with Crippen LogP contribution in [0.1, 0.15) is 96.8 Å². The molecule has 24 heavy (non-hydrogen) atoms. The number of amides is 1. The summed E-state index contributed by atoms with van der Waals surface area (Å²) in [4.78, 5) is 11.3. The zero-order chi connectivity index (χ0) is 17.3. The molecule has 1 aliphatic rings. The minimum absolute atomic E-state index is 0.0720. The third-order valence-corrected chi connectivity index (χ3v) is 4.61. The first-order valence-electron chi connectivity index (χ1n) is 10.4. The average Bonchev–Trinajstić information content (AvgIpc) is 3.42. The Morgan fingerprint density at radius 3 is 1.92 bits per heavy atom. The lowest BCUT2D eigenvalue weighted by atomic mass is 10.1. The summed E-state index contributed by atoms with van der Waals surface area (Å²) in [5.74, 6) is 0.0720. The molecule has 0 aromatic heterocycles. The summed E-state index contributed by atoms with van der Waals surface area (Å²) in [6, 6.07) is 0. The van der Waals surface area contributed by atoms with Gasteiger partial charge in [0.25, 0.3) is 5.91 Å². The Kier molecular flexibility index (Phi) is 13.9. The molecule has 1 unspecified atom stereocenters. The molecule has 0 radical (unpaired) electrons. The predicted molar refractivity (Wildman–Crippen MR) is 102 cm³/mol. The zero-order valence-corrected chi connectivity index (χ0v) is 15.9. The monoisotopic (exact) mass is 337 g/mol. The number of unbranched alkanes of at least 4 members (excludes halogenated alkanes) is 12. The Bertz CT molecular complexity index is 324. The maximum absolute atomic E-state index is 11.3. The Balaban J connectivity index is 1.69. The van der Waals surface area contributed by atoms with E-state index >= 15 is 0 Å². The lowest BCUT2D eigenvalue weighted by molar-refractivity contribution is -0.122. The van der Waals surface area contributed by atoms with Gasteiger partial charge in [0.15, 0.2) is 6.10 Å². The van der Waals surface area contributed by atoms with Crippen molar-refractivity contribution in [3.8, 4) is 0 Å². The molecule has 1 rings (SSSR count). The second kappa shape index (κ2) is 15.7. The van der Waals surface area contributed by atoms with Gasteiger partial charge >= 0.3 is 0 Å². The number of rotatable bonds is 17. The van der Waals surface area contributed by atoms with Gasteiger partial charge in [0.1, 0.15) is 0 Å². The highest BCUT2D eigenvalue weighted by Gasteiger charge is 2.30. The van der Waals surface area contributed by atoms with Crippen molar-refractivity contribution in [1.82, 2.24) is 5.32 Å². The van der Waals surface area contributed by atoms with Gasteiger partial charge in [-0.2, -0.15) is 0 Å². The molecule has 1 heterocycles. The van der Waals surface area contributed by atoms with E-state index in [0.717, 1.165) is 13.0 Å². The summed E-state index contributed by atoms with van der Waals surface area (Å²) in [5, 5.41) is 2.92. The fourth-order valence-corrected chi connectivity index (χ4v) is 2.90. The van der Waals surface area contributed by atoms with Gasteiger partial charge in [-0.15, -0.1) is 0 Å². The van der Waals surface area contributed by atoms with Crippen LogP contribution in [-0.2, 0) is 9.53 Å². The number of hydrogen-bond donors (Lipinski definition) is 1. The predicted octanol–water partition coefficient (Wildman–Crippen LogP) is 5.54. The Labute approximate surface area is 149 Å². The lowest BCUT2D eigenvalue weighted by Crippen LogP contribution is -2.28. The van der Waals surface area contributed by atoms with E-state index in [-0.39, 0.29) is 12.0 Å². The van der Waals surface area contributed by atoms with Crippen LogP contribution in [0.3, 0.4) is 0 Å². The van der Waals surface area contributed by atoms with Crippen LogP contribution in [0.15, 0.2) is 12.2 Å². The van der Waals surface area contributed by atoms with Crippen LogP contribution in [0.2, 0.25) is 0 Å². The van der Waals surface area contributed by atoms with Crippen LogP contribution in [0, 0.1) is 0 Å². The molecule has 1 atom stereocenters. The number of nitrogens with one attached hydrogen (secondary N) is 1. The average molecular weight is 338 g/mol. The molecule has 1 amide bonds. The van der Waals surface area contributed by atoms with Crippen molar-refractivity contribution in [2.75, 3.05) is 13.2 Å². The first-order valence-corrected chi connectivity index (χ1v) is 10.4. The van der Waals surface area contributed by atoms with Crippen LogP contribution < -0.4 is 5.32 Å². The number of carbonyl (C=O) groups excluding carboxylic acids is 1. The summed E-state index contributed by atoms with van der Waals surface area (Å²) in [6.07, 6.45) is 23.1. The SMILES string of the molecule is CCCCCCCC/C=C\CCCCCCCCNC(=O)C1CO1. The van der Waals surface area contributed by atoms with Crippen LogP contribution in [0.4, 0.5) is 0 Å². The number of epoxide rings is 1. The van der Waals surface area contributed by atoms with Gasteiger partial charge in [0, 0.05) is 6.54 Å². The first kappa shape index (κ1) is 21.2. The Morgan fingerprint density at radius 1 is 0.875 bits per heavy atom. The third kappa shape index (κ3) is 13.6. The van der Waals surface area contributed by atoms with E-state index in [4.69, 9.17) is 4.74 Å². The maximum Gasteiger partial charge on any atom is 0.251 e. The standard InChI is InChI=1S/C21H39NO2/c1-2-3-4-5-6-7-8-9-10-11-12-13-14-15-16-17-18-22-21(23)20-19-24-20/h9-10,20H,2-8,11-19H2,1H3,(H,22,23)/b10-9-. The molecule has 1 aliphatic heterocycles. The van der Waals surface area contributed by atoms with Gasteiger partial charge in [0.05, 0.1) is 6.61 Å². The summed E-state index contributed by atoms with van der Waals surface area (Å²) in [6.45, 7) is 3.69. The van der Waals surface area contributed by atoms with E-state index in [2.05, 4.69) is 24.4 Å². The van der Waals surface area contributed by atoms with Crippen molar-refractivity contribution in [2.24, 2.45) is 0 Å². The van der Waals surface area contributed by atoms with E-state index in [1.165, 1.54) is 83.5 Å². The van der Waals surface area contributed by atoms with Crippen LogP contribution in [0.25, 0.3) is 0 Å². The highest BCUT2D eigenvalue weighted by Crippen LogP contribution is 2.10. The van der Waals surface area contributed by atoms with E-state index in [9.17, 15) is 4.79 Å². The highest BCUT2D eigenvalue weighted by molar-refractivity contribution is 5.82. The molecule has 0 saturated carbocycles. The summed E-state index contributed by atoms with van der Waals surface area (Å²) in [7, 11) is 0. The molecule has 0 bridgehead atoms. The zero-order valence-electron chi connectivity index (χ0n) is 15.9. The van der Waals surface area contributed by atoms with Crippen molar-refractivity contribution in [3.63, 3.8) is 0 Å². The number of carbonyl (C=O) groups is 1. The molecule has 1 fully saturated rings. The summed E-state index contributed by atoms with van der Waals surface area (Å²) < 4.78 is 4.94. The van der Waals surface area contributed by atoms with E-state index in [1.807, 2.05) is 0 Å². The molecule has 1 saturated heterocycles. The summed E-state index contributed by atoms with van der Waals surface area (Å²) in [5.41, 5.74) is 0. The molecule has 1 N–H and O–H groups in total. The minimum atomic E-state index is -0.140. The third-order valence-electron chi connectivity index (χ3n) is 4.61. The van der Waals surface area contributed by atoms with E-state index < -0.39 is 0 Å². The largest absolute Gasteiger partial charge is 0.363 e. The van der Waals surface area contributed by atoms with Crippen LogP contribution >= 0.6 is 0 Å². The van der Waals surface area contributed by atoms with Crippen LogP contribution in [-0.4, -0.2) is 25.2 Å². The van der Waals surface area contributed by atoms with E-state index in [1.54, 1.807) is 0 Å². The Morgan fingerprint density at radius 2 is 1.38 bits per heavy atom. The quantitative estimate of drug-likeness (QED) is 0.215. The van der Waals surface area contributed by atoms with Crippen molar-refractivity contribution in [3.05, 3.63) is 12.2 Å². The fraction of sp³-hybridized carbons (Fsp3) is 0.857. The van der Waals surface area contributed by atoms with Crippen molar-refractivity contribution in [1.29, 1.82) is 0 Å². The summed E-state index contributed by atoms with van der Waals surface area (Å²) >= 11 is 0. The first-order chi connectivity index (χ1) is 11.8. The molecule has 3 nitrogen and oxygen atoms in total. The second-order valence-electron chi connectivity index (χ2n) is 7.05. The normalized spacial score (nSPS) is 16.6. The fourth-order valence-electron chi connectivity index (χ4n) is 2.90. The highest BCUT2D eigenvalue weighted by atomic mass is 16.6. The molecular weight excluding hydrogens is 298 g/mol. The smallest absolute Gasteiger partial charge is 0.251 e. The minimum Gasteiger partial charge on any atom is -0.363 e. The van der Waals surface area contributed by atoms with Crippen LogP contribution in [0.5, 0.6) is 0 Å². The van der Waals surface area contributed by atoms with Gasteiger partial charge in [0.2, 0.25) is 0 Å². The van der Waals surface area contributed by atoms with Crippen molar-refractivity contribution in [2.45, 2.75) is 103 Å². The van der Waals surface area contributed by atoms with Gasteiger partial charge in [-0.3, -0.25) is 4.79 Å². The molecule has 140 valence electrons. The molecular formula is C21H39NO2. The number of ether oxygens (including phenoxy) is 1. The molecule has 3 heteroatoms. The van der Waals surface area contributed by atoms with Crippen molar-refractivity contribution < 1.29 is 9.53 Å². The molecule has 0 spiro atoms. The van der Waals surface area contributed by atoms with Gasteiger partial charge in [-0.1, -0.05) is 76.9 Å². The Hall–Kier alpha value is -0.830. The van der Waals surface area contributed by atoms with Gasteiger partial charge in [-0.25, -0.2) is 0 Å². The van der Waals surface area contributed by atoms with Crippen molar-refractivity contribution >= 4 is 5.91 Å². The molecule has 0 aromatic carbocycles. The topological polar surface area (TPSA) is 41.6 Å². The van der Waals surface area contributed by atoms with Gasteiger partial charge < -0.3 is 10.1 Å². The van der Waals surface area contributed by atoms with Gasteiger partial charge in [-0.05, 0) is 32.1 Å².